The first kappa shape index (κ1) is 10.8. The molecular formula is C12H17BrN2. The second-order valence-electron chi connectivity index (χ2n) is 4.68. The predicted molar refractivity (Wildman–Crippen MR) is 69.7 cm³/mol. The van der Waals surface area contributed by atoms with Crippen molar-refractivity contribution in [1.29, 1.82) is 0 Å². The van der Waals surface area contributed by atoms with Crippen LogP contribution in [0.3, 0.4) is 0 Å². The molecule has 0 fully saturated rings. The molecule has 1 aromatic rings. The van der Waals surface area contributed by atoms with E-state index in [-0.39, 0.29) is 5.54 Å². The van der Waals surface area contributed by atoms with Crippen LogP contribution in [0.25, 0.3) is 0 Å². The van der Waals surface area contributed by atoms with E-state index in [1.165, 1.54) is 11.4 Å². The highest BCUT2D eigenvalue weighted by Crippen LogP contribution is 2.36. The van der Waals surface area contributed by atoms with Crippen LogP contribution in [0.4, 0.5) is 11.4 Å². The van der Waals surface area contributed by atoms with Gasteiger partial charge in [-0.25, -0.2) is 0 Å². The van der Waals surface area contributed by atoms with Gasteiger partial charge in [0.1, 0.15) is 0 Å². The van der Waals surface area contributed by atoms with Crippen LogP contribution in [0.15, 0.2) is 22.7 Å². The normalized spacial score (nSPS) is 18.3. The van der Waals surface area contributed by atoms with Crippen molar-refractivity contribution in [1.82, 2.24) is 0 Å². The zero-order valence-corrected chi connectivity index (χ0v) is 11.1. The molecule has 0 radical (unpaired) electrons. The fourth-order valence-electron chi connectivity index (χ4n) is 2.12. The zero-order valence-electron chi connectivity index (χ0n) is 9.47. The van der Waals surface area contributed by atoms with Gasteiger partial charge in [0.15, 0.2) is 0 Å². The Morgan fingerprint density at radius 1 is 1.47 bits per heavy atom. The van der Waals surface area contributed by atoms with Crippen LogP contribution in [0, 0.1) is 0 Å². The summed E-state index contributed by atoms with van der Waals surface area (Å²) in [5, 5.41) is 3.57. The number of rotatable bonds is 1. The lowest BCUT2D eigenvalue weighted by Gasteiger charge is -2.41. The molecule has 3 heteroatoms. The molecule has 1 aromatic carbocycles. The van der Waals surface area contributed by atoms with Crippen LogP contribution in [-0.4, -0.2) is 18.6 Å². The maximum atomic E-state index is 3.57. The van der Waals surface area contributed by atoms with Gasteiger partial charge in [0.2, 0.25) is 0 Å². The van der Waals surface area contributed by atoms with E-state index in [4.69, 9.17) is 0 Å². The number of nitrogens with one attached hydrogen (secondary N) is 1. The third kappa shape index (κ3) is 2.12. The summed E-state index contributed by atoms with van der Waals surface area (Å²) < 4.78 is 1.14. The van der Waals surface area contributed by atoms with Gasteiger partial charge in [-0.2, -0.15) is 0 Å². The van der Waals surface area contributed by atoms with Crippen LogP contribution >= 0.6 is 15.9 Å². The second kappa shape index (κ2) is 3.71. The first-order chi connectivity index (χ1) is 7.02. The van der Waals surface area contributed by atoms with E-state index in [9.17, 15) is 0 Å². The maximum absolute atomic E-state index is 3.57. The fourth-order valence-corrected chi connectivity index (χ4v) is 2.47. The quantitative estimate of drug-likeness (QED) is 0.839. The Bertz CT molecular complexity index is 374. The molecule has 1 N–H and O–H groups in total. The van der Waals surface area contributed by atoms with E-state index in [0.717, 1.165) is 17.6 Å². The summed E-state index contributed by atoms with van der Waals surface area (Å²) >= 11 is 3.52. The third-order valence-electron chi connectivity index (χ3n) is 2.74. The monoisotopic (exact) mass is 268 g/mol. The Morgan fingerprint density at radius 3 is 2.87 bits per heavy atom. The van der Waals surface area contributed by atoms with Crippen LogP contribution in [0.5, 0.6) is 0 Å². The van der Waals surface area contributed by atoms with E-state index >= 15 is 0 Å². The molecule has 0 aromatic heterocycles. The first-order valence-corrected chi connectivity index (χ1v) is 6.14. The van der Waals surface area contributed by atoms with Gasteiger partial charge in [0.25, 0.3) is 0 Å². The minimum atomic E-state index is 0.150. The predicted octanol–water partition coefficient (Wildman–Crippen LogP) is 3.48. The van der Waals surface area contributed by atoms with Crippen LogP contribution in [0.2, 0.25) is 0 Å². The number of likely N-dealkylation sites (N-methyl/N-ethyl adjacent to an activating group) is 1. The van der Waals surface area contributed by atoms with Gasteiger partial charge in [0, 0.05) is 23.1 Å². The number of halogens is 1. The summed E-state index contributed by atoms with van der Waals surface area (Å²) in [7, 11) is 0. The molecule has 0 atom stereocenters. The summed E-state index contributed by atoms with van der Waals surface area (Å²) in [6.45, 7) is 8.77. The maximum Gasteiger partial charge on any atom is 0.0614 e. The van der Waals surface area contributed by atoms with Gasteiger partial charge >= 0.3 is 0 Å². The molecule has 15 heavy (non-hydrogen) atoms. The smallest absolute Gasteiger partial charge is 0.0614 e. The Balaban J connectivity index is 2.44. The Kier molecular flexibility index (Phi) is 2.67. The summed E-state index contributed by atoms with van der Waals surface area (Å²) in [6, 6.07) is 6.41. The summed E-state index contributed by atoms with van der Waals surface area (Å²) in [6.07, 6.45) is 0. The second-order valence-corrected chi connectivity index (χ2v) is 5.60. The van der Waals surface area contributed by atoms with Crippen molar-refractivity contribution in [2.75, 3.05) is 23.3 Å². The van der Waals surface area contributed by atoms with Gasteiger partial charge in [-0.1, -0.05) is 15.9 Å². The van der Waals surface area contributed by atoms with Gasteiger partial charge in [-0.3, -0.25) is 0 Å². The molecule has 0 spiro atoms. The standard InChI is InChI=1S/C12H17BrN2/c1-4-15-8-12(2,3)14-10-6-5-9(13)7-11(10)15/h5-7,14H,4,8H2,1-3H3. The van der Waals surface area contributed by atoms with Gasteiger partial charge in [-0.05, 0) is 39.0 Å². The van der Waals surface area contributed by atoms with E-state index in [2.05, 4.69) is 65.1 Å². The van der Waals surface area contributed by atoms with Gasteiger partial charge in [0.05, 0.1) is 11.4 Å². The van der Waals surface area contributed by atoms with Crippen molar-refractivity contribution in [2.24, 2.45) is 0 Å². The Morgan fingerprint density at radius 2 is 2.20 bits per heavy atom. The lowest BCUT2D eigenvalue weighted by molar-refractivity contribution is 0.537. The molecule has 0 bridgehead atoms. The molecule has 2 rings (SSSR count). The largest absolute Gasteiger partial charge is 0.377 e. The molecule has 1 heterocycles. The van der Waals surface area contributed by atoms with Crippen molar-refractivity contribution < 1.29 is 0 Å². The lowest BCUT2D eigenvalue weighted by atomic mass is 9.99. The summed E-state index contributed by atoms with van der Waals surface area (Å²) in [4.78, 5) is 2.41. The fraction of sp³-hybridized carbons (Fsp3) is 0.500. The molecule has 1 aliphatic rings. The van der Waals surface area contributed by atoms with Crippen LogP contribution < -0.4 is 10.2 Å². The Hall–Kier alpha value is -0.700. The lowest BCUT2D eigenvalue weighted by Crippen LogP contribution is -2.48. The molecule has 0 aliphatic carbocycles. The number of hydrogen-bond acceptors (Lipinski definition) is 2. The zero-order chi connectivity index (χ0) is 11.1. The highest BCUT2D eigenvalue weighted by molar-refractivity contribution is 9.10. The van der Waals surface area contributed by atoms with Crippen molar-refractivity contribution in [3.8, 4) is 0 Å². The average Bonchev–Trinajstić information content (AvgIpc) is 2.16. The summed E-state index contributed by atoms with van der Waals surface area (Å²) in [5.74, 6) is 0. The SMILES string of the molecule is CCN1CC(C)(C)Nc2ccc(Br)cc21. The van der Waals surface area contributed by atoms with Crippen molar-refractivity contribution in [2.45, 2.75) is 26.3 Å². The van der Waals surface area contributed by atoms with Crippen molar-refractivity contribution >= 4 is 27.3 Å². The van der Waals surface area contributed by atoms with Crippen LogP contribution in [-0.2, 0) is 0 Å². The number of fused-ring (bicyclic) bond motifs is 1. The minimum absolute atomic E-state index is 0.150. The van der Waals surface area contributed by atoms with Crippen molar-refractivity contribution in [3.05, 3.63) is 22.7 Å². The number of anilines is 2. The third-order valence-corrected chi connectivity index (χ3v) is 3.23. The molecule has 2 nitrogen and oxygen atoms in total. The molecule has 1 aliphatic heterocycles. The molecule has 0 saturated carbocycles. The highest BCUT2D eigenvalue weighted by atomic mass is 79.9. The Labute approximate surface area is 99.8 Å². The number of nitrogens with zero attached hydrogens (tertiary/aromatic N) is 1. The van der Waals surface area contributed by atoms with Gasteiger partial charge in [-0.15, -0.1) is 0 Å². The summed E-state index contributed by atoms with van der Waals surface area (Å²) in [5.41, 5.74) is 2.68. The van der Waals surface area contributed by atoms with Crippen LogP contribution in [0.1, 0.15) is 20.8 Å². The topological polar surface area (TPSA) is 15.3 Å². The number of hydrogen-bond donors (Lipinski definition) is 1. The molecular weight excluding hydrogens is 252 g/mol. The van der Waals surface area contributed by atoms with E-state index in [1.807, 2.05) is 0 Å². The molecule has 82 valence electrons. The first-order valence-electron chi connectivity index (χ1n) is 5.34. The van der Waals surface area contributed by atoms with Gasteiger partial charge < -0.3 is 10.2 Å². The molecule has 0 saturated heterocycles. The average molecular weight is 269 g/mol. The van der Waals surface area contributed by atoms with E-state index < -0.39 is 0 Å². The molecule has 0 amide bonds. The minimum Gasteiger partial charge on any atom is -0.377 e. The number of benzene rings is 1. The molecule has 0 unspecified atom stereocenters. The highest BCUT2D eigenvalue weighted by Gasteiger charge is 2.28. The van der Waals surface area contributed by atoms with E-state index in [1.54, 1.807) is 0 Å². The van der Waals surface area contributed by atoms with E-state index in [0.29, 0.717) is 0 Å². The van der Waals surface area contributed by atoms with Crippen molar-refractivity contribution in [3.63, 3.8) is 0 Å².